The zero-order valence-electron chi connectivity index (χ0n) is 18.5. The van der Waals surface area contributed by atoms with E-state index in [0.717, 1.165) is 22.8 Å². The summed E-state index contributed by atoms with van der Waals surface area (Å²) >= 11 is 0. The normalized spacial score (nSPS) is 12.9. The number of carbonyl (C=O) groups is 2. The zero-order valence-corrected chi connectivity index (χ0v) is 18.5. The maximum absolute atomic E-state index is 13.0. The van der Waals surface area contributed by atoms with E-state index in [9.17, 15) is 9.59 Å². The highest BCUT2D eigenvalue weighted by atomic mass is 16.6. The van der Waals surface area contributed by atoms with Crippen LogP contribution in [0.2, 0.25) is 0 Å². The summed E-state index contributed by atoms with van der Waals surface area (Å²) in [6.45, 7) is 10.7. The number of hydrogen-bond donors (Lipinski definition) is 0. The third kappa shape index (κ3) is 4.51. The average Bonchev–Trinajstić information content (AvgIpc) is 3.02. The number of aromatic nitrogens is 1. The summed E-state index contributed by atoms with van der Waals surface area (Å²) in [5.41, 5.74) is 3.44. The van der Waals surface area contributed by atoms with Crippen LogP contribution in [0.1, 0.15) is 35.6 Å². The van der Waals surface area contributed by atoms with Crippen molar-refractivity contribution in [1.29, 1.82) is 0 Å². The van der Waals surface area contributed by atoms with E-state index in [0.29, 0.717) is 37.6 Å². The van der Waals surface area contributed by atoms with E-state index >= 15 is 0 Å². The summed E-state index contributed by atoms with van der Waals surface area (Å²) in [7, 11) is 1.80. The van der Waals surface area contributed by atoms with E-state index in [2.05, 4.69) is 0 Å². The fourth-order valence-electron chi connectivity index (χ4n) is 3.91. The lowest BCUT2D eigenvalue weighted by molar-refractivity contribution is -0.131. The molecule has 0 atom stereocenters. The smallest absolute Gasteiger partial charge is 0.236 e. The molecule has 3 rings (SSSR count). The van der Waals surface area contributed by atoms with Crippen LogP contribution >= 0.6 is 0 Å². The molecular weight excluding hydrogens is 382 g/mol. The van der Waals surface area contributed by atoms with Gasteiger partial charge >= 0.3 is 0 Å². The van der Waals surface area contributed by atoms with Gasteiger partial charge in [0.15, 0.2) is 17.3 Å². The number of fused-ring (bicyclic) bond motifs is 1. The van der Waals surface area contributed by atoms with Crippen molar-refractivity contribution in [2.24, 2.45) is 0 Å². The number of aryl methyl sites for hydroxylation is 1. The first-order valence-corrected chi connectivity index (χ1v) is 10.4. The molecule has 2 aromatic rings. The predicted molar refractivity (Wildman–Crippen MR) is 116 cm³/mol. The Hall–Kier alpha value is -2.80. The standard InChI is InChI=1S/C23H31N3O4/c1-6-25(7-2)23(28)15-24(5)14-20(27)19-12-16(3)26(17(19)4)18-8-9-21-22(13-18)30-11-10-29-21/h8-9,12-13H,6-7,10-11,14-15H2,1-5H3. The van der Waals surface area contributed by atoms with E-state index in [4.69, 9.17) is 9.47 Å². The van der Waals surface area contributed by atoms with Crippen molar-refractivity contribution in [3.8, 4) is 17.2 Å². The highest BCUT2D eigenvalue weighted by molar-refractivity contribution is 5.99. The minimum Gasteiger partial charge on any atom is -0.486 e. The van der Waals surface area contributed by atoms with E-state index < -0.39 is 0 Å². The van der Waals surface area contributed by atoms with Crippen molar-refractivity contribution >= 4 is 11.7 Å². The van der Waals surface area contributed by atoms with Crippen molar-refractivity contribution in [2.75, 3.05) is 46.4 Å². The lowest BCUT2D eigenvalue weighted by Gasteiger charge is -2.22. The summed E-state index contributed by atoms with van der Waals surface area (Å²) in [5.74, 6) is 1.50. The van der Waals surface area contributed by atoms with Crippen LogP contribution in [0.3, 0.4) is 0 Å². The van der Waals surface area contributed by atoms with Gasteiger partial charge in [0, 0.05) is 41.8 Å². The molecule has 0 radical (unpaired) electrons. The fourth-order valence-corrected chi connectivity index (χ4v) is 3.91. The van der Waals surface area contributed by atoms with Gasteiger partial charge in [-0.25, -0.2) is 0 Å². The predicted octanol–water partition coefficient (Wildman–Crippen LogP) is 2.85. The van der Waals surface area contributed by atoms with Gasteiger partial charge in [-0.15, -0.1) is 0 Å². The van der Waals surface area contributed by atoms with Crippen LogP contribution < -0.4 is 9.47 Å². The van der Waals surface area contributed by atoms with Gasteiger partial charge in [-0.1, -0.05) is 0 Å². The second-order valence-corrected chi connectivity index (χ2v) is 7.61. The van der Waals surface area contributed by atoms with Gasteiger partial charge in [0.25, 0.3) is 0 Å². The van der Waals surface area contributed by atoms with Crippen molar-refractivity contribution < 1.29 is 19.1 Å². The first-order valence-electron chi connectivity index (χ1n) is 10.4. The molecule has 7 nitrogen and oxygen atoms in total. The number of likely N-dealkylation sites (N-methyl/N-ethyl adjacent to an activating group) is 2. The van der Waals surface area contributed by atoms with E-state index in [1.165, 1.54) is 0 Å². The van der Waals surface area contributed by atoms with E-state index in [1.54, 1.807) is 16.8 Å². The number of rotatable bonds is 8. The number of amides is 1. The Labute approximate surface area is 178 Å². The molecule has 7 heteroatoms. The quantitative estimate of drug-likeness (QED) is 0.623. The maximum Gasteiger partial charge on any atom is 0.236 e. The first kappa shape index (κ1) is 21.9. The Balaban J connectivity index is 1.76. The molecule has 1 amide bonds. The van der Waals surface area contributed by atoms with Crippen LogP contribution in [0.25, 0.3) is 5.69 Å². The van der Waals surface area contributed by atoms with Crippen LogP contribution in [0, 0.1) is 13.8 Å². The Morgan fingerprint density at radius 3 is 2.33 bits per heavy atom. The molecule has 0 bridgehead atoms. The molecule has 0 N–H and O–H groups in total. The molecule has 0 fully saturated rings. The number of carbonyl (C=O) groups excluding carboxylic acids is 2. The van der Waals surface area contributed by atoms with Gasteiger partial charge < -0.3 is 18.9 Å². The number of Topliss-reactive ketones (excluding diaryl/α,β-unsaturated/α-hetero) is 1. The van der Waals surface area contributed by atoms with E-state index in [1.807, 2.05) is 56.5 Å². The van der Waals surface area contributed by atoms with Gasteiger partial charge in [-0.2, -0.15) is 0 Å². The SMILES string of the molecule is CCN(CC)C(=O)CN(C)CC(=O)c1cc(C)n(-c2ccc3c(c2)OCCO3)c1C. The van der Waals surface area contributed by atoms with Crippen LogP contribution in [-0.4, -0.2) is 72.5 Å². The lowest BCUT2D eigenvalue weighted by Crippen LogP contribution is -2.40. The summed E-state index contributed by atoms with van der Waals surface area (Å²) in [6, 6.07) is 7.72. The lowest BCUT2D eigenvalue weighted by atomic mass is 10.1. The highest BCUT2D eigenvalue weighted by Crippen LogP contribution is 2.33. The number of benzene rings is 1. The molecule has 2 heterocycles. The average molecular weight is 414 g/mol. The minimum atomic E-state index is 0.00161. The zero-order chi connectivity index (χ0) is 21.8. The molecule has 162 valence electrons. The Bertz CT molecular complexity index is 931. The Morgan fingerprint density at radius 2 is 1.67 bits per heavy atom. The monoisotopic (exact) mass is 413 g/mol. The fraction of sp³-hybridized carbons (Fsp3) is 0.478. The van der Waals surface area contributed by atoms with Crippen LogP contribution in [-0.2, 0) is 4.79 Å². The summed E-state index contributed by atoms with van der Waals surface area (Å²) in [4.78, 5) is 28.8. The number of ether oxygens (including phenoxy) is 2. The van der Waals surface area contributed by atoms with Gasteiger partial charge in [0.2, 0.25) is 5.91 Å². The van der Waals surface area contributed by atoms with Crippen molar-refractivity contribution in [3.05, 3.63) is 41.2 Å². The molecule has 30 heavy (non-hydrogen) atoms. The second kappa shape index (κ2) is 9.34. The molecule has 1 aromatic carbocycles. The van der Waals surface area contributed by atoms with Crippen molar-refractivity contribution in [3.63, 3.8) is 0 Å². The van der Waals surface area contributed by atoms with Gasteiger partial charge in [0.1, 0.15) is 13.2 Å². The van der Waals surface area contributed by atoms with E-state index in [-0.39, 0.29) is 24.8 Å². The molecule has 0 aliphatic carbocycles. The Morgan fingerprint density at radius 1 is 1.00 bits per heavy atom. The first-order chi connectivity index (χ1) is 14.3. The number of hydrogen-bond acceptors (Lipinski definition) is 5. The second-order valence-electron chi connectivity index (χ2n) is 7.61. The molecule has 0 unspecified atom stereocenters. The van der Waals surface area contributed by atoms with Gasteiger partial charge in [-0.05, 0) is 52.9 Å². The molecule has 0 spiro atoms. The molecule has 1 aliphatic rings. The summed E-state index contributed by atoms with van der Waals surface area (Å²) in [6.07, 6.45) is 0. The maximum atomic E-state index is 13.0. The molecule has 1 aromatic heterocycles. The molecule has 0 saturated carbocycles. The van der Waals surface area contributed by atoms with Gasteiger partial charge in [0.05, 0.1) is 13.1 Å². The number of ketones is 1. The summed E-state index contributed by atoms with van der Waals surface area (Å²) < 4.78 is 13.3. The summed E-state index contributed by atoms with van der Waals surface area (Å²) in [5, 5.41) is 0. The van der Waals surface area contributed by atoms with Crippen molar-refractivity contribution in [1.82, 2.24) is 14.4 Å². The van der Waals surface area contributed by atoms with Crippen molar-refractivity contribution in [2.45, 2.75) is 27.7 Å². The largest absolute Gasteiger partial charge is 0.486 e. The third-order valence-electron chi connectivity index (χ3n) is 5.45. The molecule has 0 saturated heterocycles. The van der Waals surface area contributed by atoms with Crippen LogP contribution in [0.15, 0.2) is 24.3 Å². The van der Waals surface area contributed by atoms with Crippen LogP contribution in [0.5, 0.6) is 11.5 Å². The van der Waals surface area contributed by atoms with Crippen LogP contribution in [0.4, 0.5) is 0 Å². The third-order valence-corrected chi connectivity index (χ3v) is 5.45. The highest BCUT2D eigenvalue weighted by Gasteiger charge is 2.21. The minimum absolute atomic E-state index is 0.00161. The van der Waals surface area contributed by atoms with Gasteiger partial charge in [-0.3, -0.25) is 14.5 Å². The number of nitrogens with zero attached hydrogens (tertiary/aromatic N) is 3. The topological polar surface area (TPSA) is 64.0 Å². The molecular formula is C23H31N3O4. The molecule has 1 aliphatic heterocycles. The Kier molecular flexibility index (Phi) is 6.82.